The maximum Gasteiger partial charge on any atom is 0.328 e. The number of amides is 3. The van der Waals surface area contributed by atoms with E-state index in [4.69, 9.17) is 10.5 Å². The Bertz CT molecular complexity index is 843. The van der Waals surface area contributed by atoms with Crippen LogP contribution in [0.3, 0.4) is 0 Å². The largest absolute Gasteiger partial charge is 0.619 e. The van der Waals surface area contributed by atoms with Crippen molar-refractivity contribution in [1.29, 1.82) is 0 Å². The van der Waals surface area contributed by atoms with Gasteiger partial charge in [0, 0.05) is 17.5 Å². The summed E-state index contributed by atoms with van der Waals surface area (Å²) in [5.74, 6) is -2.02. The van der Waals surface area contributed by atoms with E-state index < -0.39 is 41.3 Å². The van der Waals surface area contributed by atoms with Gasteiger partial charge in [0.05, 0.1) is 7.11 Å². The molecular weight excluding hydrogens is 442 g/mol. The van der Waals surface area contributed by atoms with Gasteiger partial charge in [0.2, 0.25) is 17.7 Å². The molecule has 1 aromatic rings. The number of aromatic nitrogens is 1. The molecule has 1 rings (SSSR count). The summed E-state index contributed by atoms with van der Waals surface area (Å²) in [5.41, 5.74) is 5.43. The average Bonchev–Trinajstić information content (AvgIpc) is 2.78. The van der Waals surface area contributed by atoms with Gasteiger partial charge in [-0.15, -0.1) is 0 Å². The van der Waals surface area contributed by atoms with Crippen LogP contribution in [-0.4, -0.2) is 55.5 Å². The molecule has 0 saturated carbocycles. The first-order chi connectivity index (χ1) is 15.9. The fourth-order valence-electron chi connectivity index (χ4n) is 3.19. The summed E-state index contributed by atoms with van der Waals surface area (Å²) in [6.07, 6.45) is 4.78. The van der Waals surface area contributed by atoms with E-state index >= 15 is 0 Å². The van der Waals surface area contributed by atoms with Crippen LogP contribution in [0, 0.1) is 10.6 Å². The number of methoxy groups -OCH3 is 1. The van der Waals surface area contributed by atoms with Crippen molar-refractivity contribution >= 4 is 23.7 Å². The molecule has 3 atom stereocenters. The summed E-state index contributed by atoms with van der Waals surface area (Å²) < 4.78 is 5.39. The summed E-state index contributed by atoms with van der Waals surface area (Å²) in [5, 5.41) is 19.0. The predicted octanol–water partition coefficient (Wildman–Crippen LogP) is -0.315. The molecule has 0 unspecified atom stereocenters. The van der Waals surface area contributed by atoms with Crippen LogP contribution in [0.15, 0.2) is 24.5 Å². The molecule has 1 aromatic heterocycles. The zero-order valence-corrected chi connectivity index (χ0v) is 20.6. The van der Waals surface area contributed by atoms with Crippen LogP contribution in [0.4, 0.5) is 0 Å². The molecule has 34 heavy (non-hydrogen) atoms. The molecule has 11 heteroatoms. The molecule has 0 spiro atoms. The predicted molar refractivity (Wildman–Crippen MR) is 125 cm³/mol. The Hall–Kier alpha value is -3.21. The van der Waals surface area contributed by atoms with Crippen LogP contribution in [0.1, 0.15) is 52.5 Å². The highest BCUT2D eigenvalue weighted by atomic mass is 16.5. The number of pyridine rings is 1. The van der Waals surface area contributed by atoms with Crippen molar-refractivity contribution in [2.45, 2.75) is 71.5 Å². The highest BCUT2D eigenvalue weighted by Gasteiger charge is 2.31. The molecule has 0 radical (unpaired) electrons. The number of nitrogens with zero attached hydrogens (tertiary/aromatic N) is 1. The smallest absolute Gasteiger partial charge is 0.328 e. The van der Waals surface area contributed by atoms with Gasteiger partial charge in [-0.25, -0.2) is 4.79 Å². The lowest BCUT2D eigenvalue weighted by molar-refractivity contribution is -0.605. The van der Waals surface area contributed by atoms with Gasteiger partial charge in [-0.05, 0) is 51.6 Å². The van der Waals surface area contributed by atoms with Crippen molar-refractivity contribution in [2.24, 2.45) is 11.1 Å². The number of nitrogens with two attached hydrogens (primary N) is 1. The second-order valence-electron chi connectivity index (χ2n) is 8.92. The number of hydrogen-bond acceptors (Lipinski definition) is 7. The van der Waals surface area contributed by atoms with Crippen molar-refractivity contribution < 1.29 is 28.6 Å². The topological polar surface area (TPSA) is 167 Å². The first-order valence-electron chi connectivity index (χ1n) is 11.3. The van der Waals surface area contributed by atoms with Crippen LogP contribution in [0.2, 0.25) is 0 Å². The summed E-state index contributed by atoms with van der Waals surface area (Å²) >= 11 is 0. The van der Waals surface area contributed by atoms with E-state index in [1.54, 1.807) is 26.0 Å². The fourth-order valence-corrected chi connectivity index (χ4v) is 3.19. The van der Waals surface area contributed by atoms with E-state index in [1.807, 2.05) is 0 Å². The molecular formula is C23H37N5O6. The van der Waals surface area contributed by atoms with E-state index in [2.05, 4.69) is 16.0 Å². The Labute approximate surface area is 200 Å². The minimum Gasteiger partial charge on any atom is -0.619 e. The number of unbranched alkanes of at least 4 members (excludes halogenated alkanes) is 1. The summed E-state index contributed by atoms with van der Waals surface area (Å²) in [7, 11) is 1.24. The quantitative estimate of drug-likeness (QED) is 0.130. The molecule has 3 amide bonds. The highest BCUT2D eigenvalue weighted by Crippen LogP contribution is 2.22. The van der Waals surface area contributed by atoms with Gasteiger partial charge < -0.3 is 31.6 Å². The number of ether oxygens (including phenoxy) is 1. The Morgan fingerprint density at radius 1 is 1.03 bits per heavy atom. The Kier molecular flexibility index (Phi) is 11.4. The van der Waals surface area contributed by atoms with Crippen molar-refractivity contribution in [2.75, 3.05) is 13.7 Å². The second kappa shape index (κ2) is 13.5. The standard InChI is InChI=1S/C23H37N5O6/c1-15(20(30)27-18(21(31)34-5)8-6-7-11-24)25-19(29)16(2)26-22(32)23(3,4)14-17-9-12-28(33)13-10-17/h9-10,12-13,15-16,18H,6-8,11,14,24H2,1-5H3,(H,25,29)(H,26,32)(H,27,30)/t15-,16-,18-/m0/s1. The molecule has 0 bridgehead atoms. The second-order valence-corrected chi connectivity index (χ2v) is 8.92. The molecule has 5 N–H and O–H groups in total. The Balaban J connectivity index is 2.64. The SMILES string of the molecule is COC(=O)[C@H](CCCCN)NC(=O)[C@H](C)NC(=O)[C@H](C)NC(=O)C(C)(C)Cc1cc[n+]([O-])cc1. The van der Waals surface area contributed by atoms with E-state index in [9.17, 15) is 24.4 Å². The maximum atomic E-state index is 12.8. The third-order valence-electron chi connectivity index (χ3n) is 5.37. The molecule has 0 aliphatic carbocycles. The zero-order chi connectivity index (χ0) is 25.9. The van der Waals surface area contributed by atoms with Gasteiger partial charge in [-0.3, -0.25) is 14.4 Å². The molecule has 0 fully saturated rings. The van der Waals surface area contributed by atoms with Crippen molar-refractivity contribution in [3.05, 3.63) is 35.3 Å². The lowest BCUT2D eigenvalue weighted by atomic mass is 9.85. The summed E-state index contributed by atoms with van der Waals surface area (Å²) in [4.78, 5) is 49.7. The number of hydrogen-bond donors (Lipinski definition) is 4. The fraction of sp³-hybridized carbons (Fsp3) is 0.609. The van der Waals surface area contributed by atoms with E-state index in [-0.39, 0.29) is 5.91 Å². The summed E-state index contributed by atoms with van der Waals surface area (Å²) in [6.45, 7) is 6.94. The van der Waals surface area contributed by atoms with E-state index in [0.29, 0.717) is 37.0 Å². The van der Waals surface area contributed by atoms with Gasteiger partial charge in [0.25, 0.3) is 0 Å². The lowest BCUT2D eigenvalue weighted by Gasteiger charge is -2.26. The van der Waals surface area contributed by atoms with E-state index in [1.165, 1.54) is 33.4 Å². The van der Waals surface area contributed by atoms with Crippen LogP contribution in [0.25, 0.3) is 0 Å². The van der Waals surface area contributed by atoms with Crippen LogP contribution in [0.5, 0.6) is 0 Å². The molecule has 1 heterocycles. The maximum absolute atomic E-state index is 12.8. The van der Waals surface area contributed by atoms with Gasteiger partial charge in [0.1, 0.15) is 18.1 Å². The molecule has 0 aromatic carbocycles. The summed E-state index contributed by atoms with van der Waals surface area (Å²) in [6, 6.07) is 0.592. The monoisotopic (exact) mass is 479 g/mol. The molecule has 0 aliphatic heterocycles. The van der Waals surface area contributed by atoms with Gasteiger partial charge in [0.15, 0.2) is 12.4 Å². The minimum absolute atomic E-state index is 0.350. The normalized spacial score (nSPS) is 13.8. The van der Waals surface area contributed by atoms with Crippen LogP contribution >= 0.6 is 0 Å². The van der Waals surface area contributed by atoms with Crippen LogP contribution in [-0.2, 0) is 30.3 Å². The Morgan fingerprint density at radius 2 is 1.59 bits per heavy atom. The first kappa shape index (κ1) is 28.8. The number of carbonyl (C=O) groups excluding carboxylic acids is 4. The molecule has 0 aliphatic rings. The lowest BCUT2D eigenvalue weighted by Crippen LogP contribution is -2.55. The number of esters is 1. The third kappa shape index (κ3) is 9.34. The number of nitrogens with one attached hydrogen (secondary N) is 3. The molecule has 11 nitrogen and oxygen atoms in total. The zero-order valence-electron chi connectivity index (χ0n) is 20.6. The van der Waals surface area contributed by atoms with Crippen LogP contribution < -0.4 is 26.4 Å². The van der Waals surface area contributed by atoms with Gasteiger partial charge >= 0.3 is 5.97 Å². The molecule has 190 valence electrons. The number of carbonyl (C=O) groups is 4. The highest BCUT2D eigenvalue weighted by molar-refractivity contribution is 5.93. The van der Waals surface area contributed by atoms with E-state index in [0.717, 1.165) is 5.56 Å². The third-order valence-corrected chi connectivity index (χ3v) is 5.37. The first-order valence-corrected chi connectivity index (χ1v) is 11.3. The van der Waals surface area contributed by atoms with Crippen molar-refractivity contribution in [1.82, 2.24) is 16.0 Å². The van der Waals surface area contributed by atoms with Gasteiger partial charge in [-0.2, -0.15) is 4.73 Å². The Morgan fingerprint density at radius 3 is 2.15 bits per heavy atom. The van der Waals surface area contributed by atoms with Crippen molar-refractivity contribution in [3.8, 4) is 0 Å². The number of rotatable bonds is 13. The average molecular weight is 480 g/mol. The van der Waals surface area contributed by atoms with Gasteiger partial charge in [-0.1, -0.05) is 13.8 Å². The minimum atomic E-state index is -0.940. The molecule has 0 saturated heterocycles. The van der Waals surface area contributed by atoms with Crippen molar-refractivity contribution in [3.63, 3.8) is 0 Å².